The summed E-state index contributed by atoms with van der Waals surface area (Å²) in [6.45, 7) is 6.21. The highest BCUT2D eigenvalue weighted by atomic mass is 35.5. The lowest BCUT2D eigenvalue weighted by Gasteiger charge is -1.98. The van der Waals surface area contributed by atoms with Gasteiger partial charge in [0.2, 0.25) is 0 Å². The predicted molar refractivity (Wildman–Crippen MR) is 39.1 cm³/mol. The van der Waals surface area contributed by atoms with Crippen LogP contribution in [0.2, 0.25) is 0 Å². The SMILES string of the molecule is CCC(CC)=C(C)Cl. The molecule has 0 heterocycles. The van der Waals surface area contributed by atoms with E-state index in [0.29, 0.717) is 0 Å². The maximum atomic E-state index is 5.72. The van der Waals surface area contributed by atoms with Crippen LogP contribution in [-0.4, -0.2) is 0 Å². The van der Waals surface area contributed by atoms with E-state index in [4.69, 9.17) is 11.6 Å². The molecule has 0 aromatic carbocycles. The molecule has 0 aliphatic heterocycles. The molecule has 8 heavy (non-hydrogen) atoms. The van der Waals surface area contributed by atoms with E-state index in [1.54, 1.807) is 0 Å². The first kappa shape index (κ1) is 8.03. The Morgan fingerprint density at radius 1 is 1.25 bits per heavy atom. The Morgan fingerprint density at radius 3 is 1.62 bits per heavy atom. The molecule has 0 unspecified atom stereocenters. The minimum atomic E-state index is 0.968. The minimum absolute atomic E-state index is 0.968. The van der Waals surface area contributed by atoms with Crippen molar-refractivity contribution >= 4 is 11.6 Å². The Morgan fingerprint density at radius 2 is 1.62 bits per heavy atom. The molecule has 48 valence electrons. The highest BCUT2D eigenvalue weighted by Crippen LogP contribution is 2.14. The normalized spacial score (nSPS) is 9.00. The monoisotopic (exact) mass is 132 g/mol. The molecule has 0 nitrogen and oxygen atoms in total. The number of rotatable bonds is 2. The zero-order chi connectivity index (χ0) is 6.57. The van der Waals surface area contributed by atoms with E-state index in [2.05, 4.69) is 13.8 Å². The molecule has 0 radical (unpaired) electrons. The van der Waals surface area contributed by atoms with Crippen molar-refractivity contribution in [3.8, 4) is 0 Å². The van der Waals surface area contributed by atoms with Crippen molar-refractivity contribution in [3.05, 3.63) is 10.6 Å². The molecule has 0 amide bonds. The van der Waals surface area contributed by atoms with Gasteiger partial charge in [-0.3, -0.25) is 0 Å². The summed E-state index contributed by atoms with van der Waals surface area (Å²) in [5.41, 5.74) is 1.37. The van der Waals surface area contributed by atoms with Crippen LogP contribution in [0.4, 0.5) is 0 Å². The largest absolute Gasteiger partial charge is 0.0895 e. The summed E-state index contributed by atoms with van der Waals surface area (Å²) in [5.74, 6) is 0. The second-order valence-corrected chi connectivity index (χ2v) is 2.41. The fourth-order valence-electron chi connectivity index (χ4n) is 0.737. The van der Waals surface area contributed by atoms with Crippen molar-refractivity contribution < 1.29 is 0 Å². The first-order valence-electron chi connectivity index (χ1n) is 3.06. The van der Waals surface area contributed by atoms with Crippen LogP contribution in [0, 0.1) is 0 Å². The van der Waals surface area contributed by atoms with E-state index >= 15 is 0 Å². The number of hydrogen-bond donors (Lipinski definition) is 0. The first-order valence-corrected chi connectivity index (χ1v) is 3.44. The molecule has 0 fully saturated rings. The van der Waals surface area contributed by atoms with Crippen molar-refractivity contribution in [2.24, 2.45) is 0 Å². The maximum Gasteiger partial charge on any atom is 0.0141 e. The Kier molecular flexibility index (Phi) is 3.98. The molecule has 0 spiro atoms. The van der Waals surface area contributed by atoms with Crippen LogP contribution in [0.15, 0.2) is 10.6 Å². The fourth-order valence-corrected chi connectivity index (χ4v) is 1.00. The van der Waals surface area contributed by atoms with E-state index in [0.717, 1.165) is 17.9 Å². The summed E-state index contributed by atoms with van der Waals surface area (Å²) < 4.78 is 0. The number of halogens is 1. The second-order valence-electron chi connectivity index (χ2n) is 1.84. The molecule has 0 rings (SSSR count). The average Bonchev–Trinajstić information content (AvgIpc) is 1.69. The van der Waals surface area contributed by atoms with Crippen molar-refractivity contribution in [2.75, 3.05) is 0 Å². The molecular weight excluding hydrogens is 120 g/mol. The number of hydrogen-bond acceptors (Lipinski definition) is 0. The van der Waals surface area contributed by atoms with Gasteiger partial charge in [-0.2, -0.15) is 0 Å². The summed E-state index contributed by atoms with van der Waals surface area (Å²) in [6, 6.07) is 0. The van der Waals surface area contributed by atoms with Gasteiger partial charge < -0.3 is 0 Å². The summed E-state index contributed by atoms with van der Waals surface area (Å²) in [6.07, 6.45) is 2.18. The van der Waals surface area contributed by atoms with Crippen molar-refractivity contribution in [2.45, 2.75) is 33.6 Å². The number of allylic oxidation sites excluding steroid dienone is 2. The van der Waals surface area contributed by atoms with Crippen LogP contribution in [-0.2, 0) is 0 Å². The molecule has 0 aromatic heterocycles. The van der Waals surface area contributed by atoms with Gasteiger partial charge in [0.1, 0.15) is 0 Å². The van der Waals surface area contributed by atoms with Crippen molar-refractivity contribution in [1.29, 1.82) is 0 Å². The standard InChI is InChI=1S/C7H13Cl/c1-4-7(5-2)6(3)8/h4-5H2,1-3H3. The van der Waals surface area contributed by atoms with Crippen LogP contribution in [0.25, 0.3) is 0 Å². The molecule has 1 heteroatoms. The van der Waals surface area contributed by atoms with Crippen molar-refractivity contribution in [3.63, 3.8) is 0 Å². The average molecular weight is 133 g/mol. The zero-order valence-corrected chi connectivity index (χ0v) is 6.55. The van der Waals surface area contributed by atoms with Crippen molar-refractivity contribution in [1.82, 2.24) is 0 Å². The van der Waals surface area contributed by atoms with Gasteiger partial charge in [-0.25, -0.2) is 0 Å². The van der Waals surface area contributed by atoms with E-state index < -0.39 is 0 Å². The Labute approximate surface area is 56.5 Å². The van der Waals surface area contributed by atoms with Crippen LogP contribution in [0.3, 0.4) is 0 Å². The summed E-state index contributed by atoms with van der Waals surface area (Å²) in [7, 11) is 0. The maximum absolute atomic E-state index is 5.72. The Balaban J connectivity index is 3.86. The summed E-state index contributed by atoms with van der Waals surface area (Å²) in [4.78, 5) is 0. The van der Waals surface area contributed by atoms with Gasteiger partial charge in [-0.05, 0) is 19.8 Å². The van der Waals surface area contributed by atoms with E-state index in [1.165, 1.54) is 5.57 Å². The quantitative estimate of drug-likeness (QED) is 0.541. The minimum Gasteiger partial charge on any atom is -0.0895 e. The van der Waals surface area contributed by atoms with Gasteiger partial charge in [0, 0.05) is 5.03 Å². The lowest BCUT2D eigenvalue weighted by Crippen LogP contribution is -1.77. The third-order valence-corrected chi connectivity index (χ3v) is 1.61. The topological polar surface area (TPSA) is 0 Å². The molecular formula is C7H13Cl. The molecule has 0 aliphatic rings. The lowest BCUT2D eigenvalue weighted by atomic mass is 10.1. The molecule has 0 aliphatic carbocycles. The smallest absolute Gasteiger partial charge is 0.0141 e. The first-order chi connectivity index (χ1) is 3.72. The summed E-state index contributed by atoms with van der Waals surface area (Å²) >= 11 is 5.72. The van der Waals surface area contributed by atoms with E-state index in [-0.39, 0.29) is 0 Å². The Hall–Kier alpha value is 0.0300. The third kappa shape index (κ3) is 2.37. The van der Waals surface area contributed by atoms with Crippen LogP contribution < -0.4 is 0 Å². The highest BCUT2D eigenvalue weighted by molar-refractivity contribution is 6.29. The van der Waals surface area contributed by atoms with Gasteiger partial charge in [0.15, 0.2) is 0 Å². The van der Waals surface area contributed by atoms with Gasteiger partial charge in [-0.15, -0.1) is 0 Å². The second kappa shape index (κ2) is 3.96. The summed E-state index contributed by atoms with van der Waals surface area (Å²) in [5, 5.41) is 0.968. The Bertz CT molecular complexity index is 82.6. The molecule has 0 N–H and O–H groups in total. The van der Waals surface area contributed by atoms with Crippen LogP contribution in [0.1, 0.15) is 33.6 Å². The molecule has 0 saturated carbocycles. The van der Waals surface area contributed by atoms with Gasteiger partial charge in [-0.1, -0.05) is 31.0 Å². The molecule has 0 atom stereocenters. The molecule has 0 bridgehead atoms. The highest BCUT2D eigenvalue weighted by Gasteiger charge is 1.91. The van der Waals surface area contributed by atoms with Crippen LogP contribution >= 0.6 is 11.6 Å². The predicted octanol–water partition coefficient (Wildman–Crippen LogP) is 3.32. The third-order valence-electron chi connectivity index (χ3n) is 1.34. The van der Waals surface area contributed by atoms with Crippen LogP contribution in [0.5, 0.6) is 0 Å². The fraction of sp³-hybridized carbons (Fsp3) is 0.714. The zero-order valence-electron chi connectivity index (χ0n) is 5.79. The molecule has 0 saturated heterocycles. The van der Waals surface area contributed by atoms with E-state index in [1.807, 2.05) is 6.92 Å². The van der Waals surface area contributed by atoms with Gasteiger partial charge in [0.05, 0.1) is 0 Å². The van der Waals surface area contributed by atoms with Gasteiger partial charge >= 0.3 is 0 Å². The van der Waals surface area contributed by atoms with Gasteiger partial charge in [0.25, 0.3) is 0 Å². The lowest BCUT2D eigenvalue weighted by molar-refractivity contribution is 0.966. The van der Waals surface area contributed by atoms with E-state index in [9.17, 15) is 0 Å². The molecule has 0 aromatic rings.